The van der Waals surface area contributed by atoms with E-state index in [1.54, 1.807) is 0 Å². The first-order valence-electron chi connectivity index (χ1n) is 8.27. The monoisotopic (exact) mass is 284 g/mol. The van der Waals surface area contributed by atoms with Gasteiger partial charge in [-0.3, -0.25) is 14.7 Å². The van der Waals surface area contributed by atoms with E-state index in [1.807, 2.05) is 0 Å². The minimum atomic E-state index is 0.395. The predicted octanol–water partition coefficient (Wildman–Crippen LogP) is 0.0620. The Morgan fingerprint density at radius 3 is 2.45 bits per heavy atom. The van der Waals surface area contributed by atoms with Crippen molar-refractivity contribution < 1.29 is 4.74 Å². The van der Waals surface area contributed by atoms with Gasteiger partial charge in [0.15, 0.2) is 0 Å². The van der Waals surface area contributed by atoms with Gasteiger partial charge in [0.2, 0.25) is 0 Å². The molecular formula is C15H32N4O. The number of rotatable bonds is 6. The Bertz CT molecular complexity index is 265. The molecule has 0 aliphatic carbocycles. The van der Waals surface area contributed by atoms with Gasteiger partial charge in [-0.25, -0.2) is 0 Å². The largest absolute Gasteiger partial charge is 0.374 e. The SMILES string of the molecule is CCC(CN)N1CCN(CC2CN(CC)CCO2)CC1. The number of piperazine rings is 1. The summed E-state index contributed by atoms with van der Waals surface area (Å²) in [7, 11) is 0. The fourth-order valence-corrected chi connectivity index (χ4v) is 3.35. The van der Waals surface area contributed by atoms with Crippen LogP contribution >= 0.6 is 0 Å². The molecule has 2 aliphatic heterocycles. The van der Waals surface area contributed by atoms with Crippen molar-refractivity contribution in [2.24, 2.45) is 5.73 Å². The van der Waals surface area contributed by atoms with Gasteiger partial charge in [0, 0.05) is 58.4 Å². The van der Waals surface area contributed by atoms with Gasteiger partial charge in [-0.15, -0.1) is 0 Å². The highest BCUT2D eigenvalue weighted by atomic mass is 16.5. The van der Waals surface area contributed by atoms with E-state index in [4.69, 9.17) is 10.5 Å². The van der Waals surface area contributed by atoms with Crippen LogP contribution in [0.5, 0.6) is 0 Å². The zero-order chi connectivity index (χ0) is 14.4. The Kier molecular flexibility index (Phi) is 6.71. The molecule has 5 heteroatoms. The number of nitrogens with two attached hydrogens (primary N) is 1. The molecule has 0 aromatic heterocycles. The zero-order valence-corrected chi connectivity index (χ0v) is 13.3. The molecule has 2 heterocycles. The average molecular weight is 284 g/mol. The van der Waals surface area contributed by atoms with Crippen LogP contribution in [0.15, 0.2) is 0 Å². The summed E-state index contributed by atoms with van der Waals surface area (Å²) in [6.45, 7) is 15.2. The highest BCUT2D eigenvalue weighted by Crippen LogP contribution is 2.11. The van der Waals surface area contributed by atoms with E-state index in [0.717, 1.165) is 71.9 Å². The van der Waals surface area contributed by atoms with Crippen molar-refractivity contribution in [3.8, 4) is 0 Å². The van der Waals surface area contributed by atoms with Gasteiger partial charge in [-0.05, 0) is 13.0 Å². The second-order valence-corrected chi connectivity index (χ2v) is 6.02. The molecule has 118 valence electrons. The van der Waals surface area contributed by atoms with Crippen LogP contribution in [0.2, 0.25) is 0 Å². The molecule has 0 bridgehead atoms. The van der Waals surface area contributed by atoms with Crippen molar-refractivity contribution in [3.63, 3.8) is 0 Å². The van der Waals surface area contributed by atoms with Crippen molar-refractivity contribution in [3.05, 3.63) is 0 Å². The van der Waals surface area contributed by atoms with E-state index in [1.165, 1.54) is 0 Å². The molecule has 2 rings (SSSR count). The molecule has 0 aromatic rings. The maximum atomic E-state index is 5.91. The Labute approximate surface area is 124 Å². The van der Waals surface area contributed by atoms with E-state index in [-0.39, 0.29) is 0 Å². The molecule has 2 aliphatic rings. The van der Waals surface area contributed by atoms with Gasteiger partial charge in [-0.2, -0.15) is 0 Å². The molecule has 0 aromatic carbocycles. The number of morpholine rings is 1. The summed E-state index contributed by atoms with van der Waals surface area (Å²) >= 11 is 0. The van der Waals surface area contributed by atoms with Gasteiger partial charge >= 0.3 is 0 Å². The van der Waals surface area contributed by atoms with Gasteiger partial charge in [0.05, 0.1) is 12.7 Å². The zero-order valence-electron chi connectivity index (χ0n) is 13.3. The lowest BCUT2D eigenvalue weighted by Gasteiger charge is -2.41. The minimum absolute atomic E-state index is 0.395. The van der Waals surface area contributed by atoms with Crippen LogP contribution in [0.1, 0.15) is 20.3 Å². The average Bonchev–Trinajstić information content (AvgIpc) is 2.50. The van der Waals surface area contributed by atoms with Crippen molar-refractivity contribution in [2.75, 3.05) is 65.5 Å². The third-order valence-electron chi connectivity index (χ3n) is 4.80. The van der Waals surface area contributed by atoms with Crippen LogP contribution in [0, 0.1) is 0 Å². The topological polar surface area (TPSA) is 45.0 Å². The van der Waals surface area contributed by atoms with E-state index >= 15 is 0 Å². The first kappa shape index (κ1) is 16.2. The van der Waals surface area contributed by atoms with Crippen LogP contribution in [-0.4, -0.2) is 92.4 Å². The second kappa shape index (κ2) is 8.29. The van der Waals surface area contributed by atoms with Gasteiger partial charge in [-0.1, -0.05) is 13.8 Å². The molecule has 0 spiro atoms. The van der Waals surface area contributed by atoms with Gasteiger partial charge in [0.25, 0.3) is 0 Å². The lowest BCUT2D eigenvalue weighted by atomic mass is 10.1. The predicted molar refractivity (Wildman–Crippen MR) is 83.0 cm³/mol. The van der Waals surface area contributed by atoms with Crippen LogP contribution in [-0.2, 0) is 4.74 Å². The Morgan fingerprint density at radius 1 is 1.10 bits per heavy atom. The third kappa shape index (κ3) is 4.40. The van der Waals surface area contributed by atoms with Gasteiger partial charge in [0.1, 0.15) is 0 Å². The standard InChI is InChI=1S/C15H32N4O/c1-3-14(11-16)19-7-5-18(6-8-19)13-15-12-17(4-2)9-10-20-15/h14-15H,3-13,16H2,1-2H3. The van der Waals surface area contributed by atoms with Crippen LogP contribution in [0.4, 0.5) is 0 Å². The van der Waals surface area contributed by atoms with E-state index in [9.17, 15) is 0 Å². The first-order chi connectivity index (χ1) is 9.76. The number of nitrogens with zero attached hydrogens (tertiary/aromatic N) is 3. The Hall–Kier alpha value is -0.200. The summed E-state index contributed by atoms with van der Waals surface area (Å²) in [5, 5.41) is 0. The smallest absolute Gasteiger partial charge is 0.0829 e. The number of likely N-dealkylation sites (N-methyl/N-ethyl adjacent to an activating group) is 1. The van der Waals surface area contributed by atoms with Crippen molar-refractivity contribution >= 4 is 0 Å². The van der Waals surface area contributed by atoms with E-state index in [0.29, 0.717) is 12.1 Å². The van der Waals surface area contributed by atoms with Crippen molar-refractivity contribution in [1.29, 1.82) is 0 Å². The fourth-order valence-electron chi connectivity index (χ4n) is 3.35. The summed E-state index contributed by atoms with van der Waals surface area (Å²) in [4.78, 5) is 7.60. The maximum Gasteiger partial charge on any atom is 0.0829 e. The molecule has 20 heavy (non-hydrogen) atoms. The summed E-state index contributed by atoms with van der Waals surface area (Å²) in [6.07, 6.45) is 1.56. The van der Waals surface area contributed by atoms with Crippen LogP contribution in [0.3, 0.4) is 0 Å². The highest BCUT2D eigenvalue weighted by molar-refractivity contribution is 4.81. The van der Waals surface area contributed by atoms with E-state index in [2.05, 4.69) is 28.5 Å². The highest BCUT2D eigenvalue weighted by Gasteiger charge is 2.26. The summed E-state index contributed by atoms with van der Waals surface area (Å²) in [5.41, 5.74) is 5.85. The van der Waals surface area contributed by atoms with Crippen LogP contribution < -0.4 is 5.73 Å². The fraction of sp³-hybridized carbons (Fsp3) is 1.00. The lowest BCUT2D eigenvalue weighted by Crippen LogP contribution is -2.55. The third-order valence-corrected chi connectivity index (χ3v) is 4.80. The Balaban J connectivity index is 1.71. The number of ether oxygens (including phenoxy) is 1. The van der Waals surface area contributed by atoms with Crippen molar-refractivity contribution in [2.45, 2.75) is 32.4 Å². The Morgan fingerprint density at radius 2 is 1.85 bits per heavy atom. The van der Waals surface area contributed by atoms with Crippen LogP contribution in [0.25, 0.3) is 0 Å². The normalized spacial score (nSPS) is 28.6. The summed E-state index contributed by atoms with van der Waals surface area (Å²) < 4.78 is 5.91. The second-order valence-electron chi connectivity index (χ2n) is 6.02. The van der Waals surface area contributed by atoms with Gasteiger partial charge < -0.3 is 10.5 Å². The maximum absolute atomic E-state index is 5.91. The van der Waals surface area contributed by atoms with Crippen molar-refractivity contribution in [1.82, 2.24) is 14.7 Å². The molecule has 2 unspecified atom stereocenters. The molecule has 0 saturated carbocycles. The molecule has 0 radical (unpaired) electrons. The number of hydrogen-bond donors (Lipinski definition) is 1. The molecule has 2 fully saturated rings. The van der Waals surface area contributed by atoms with E-state index < -0.39 is 0 Å². The quantitative estimate of drug-likeness (QED) is 0.747. The molecule has 2 saturated heterocycles. The molecule has 0 amide bonds. The molecule has 2 N–H and O–H groups in total. The number of hydrogen-bond acceptors (Lipinski definition) is 5. The molecule has 2 atom stereocenters. The molecule has 5 nitrogen and oxygen atoms in total. The molecular weight excluding hydrogens is 252 g/mol. The summed E-state index contributed by atoms with van der Waals surface area (Å²) in [6, 6.07) is 0.568. The summed E-state index contributed by atoms with van der Waals surface area (Å²) in [5.74, 6) is 0. The first-order valence-corrected chi connectivity index (χ1v) is 8.27. The minimum Gasteiger partial charge on any atom is -0.374 e. The lowest BCUT2D eigenvalue weighted by molar-refractivity contribution is -0.0481.